The van der Waals surface area contributed by atoms with Crippen molar-refractivity contribution in [3.8, 4) is 0 Å². The standard InChI is InChI=1S/C14H6Cl2O2/c15-11-5-9-10(6-12(11)16)14(18)8-4-2-1-3-7(8)13(9)17/h1-6H. The van der Waals surface area contributed by atoms with Crippen LogP contribution >= 0.6 is 23.2 Å². The second-order valence-electron chi connectivity index (χ2n) is 4.02. The van der Waals surface area contributed by atoms with Gasteiger partial charge >= 0.3 is 0 Å². The Morgan fingerprint density at radius 3 is 1.44 bits per heavy atom. The van der Waals surface area contributed by atoms with Crippen LogP contribution in [-0.4, -0.2) is 11.6 Å². The Bertz CT molecular complexity index is 645. The Kier molecular flexibility index (Phi) is 2.51. The molecule has 88 valence electrons. The molecule has 2 nitrogen and oxygen atoms in total. The molecule has 2 aromatic carbocycles. The van der Waals surface area contributed by atoms with Gasteiger partial charge in [-0.05, 0) is 12.1 Å². The molecule has 3 rings (SSSR count). The quantitative estimate of drug-likeness (QED) is 0.626. The first-order valence-corrected chi connectivity index (χ1v) is 6.02. The molecule has 0 aliphatic heterocycles. The van der Waals surface area contributed by atoms with Gasteiger partial charge in [-0.1, -0.05) is 47.5 Å². The molecular formula is C14H6Cl2O2. The van der Waals surface area contributed by atoms with E-state index in [9.17, 15) is 9.59 Å². The van der Waals surface area contributed by atoms with E-state index >= 15 is 0 Å². The smallest absolute Gasteiger partial charge is 0.194 e. The van der Waals surface area contributed by atoms with Crippen LogP contribution in [0.4, 0.5) is 0 Å². The third-order valence-electron chi connectivity index (χ3n) is 2.97. The highest BCUT2D eigenvalue weighted by Crippen LogP contribution is 2.32. The molecule has 0 saturated heterocycles. The number of hydrogen-bond acceptors (Lipinski definition) is 2. The van der Waals surface area contributed by atoms with Crippen molar-refractivity contribution < 1.29 is 9.59 Å². The Morgan fingerprint density at radius 1 is 0.667 bits per heavy atom. The van der Waals surface area contributed by atoms with Crippen LogP contribution in [0.1, 0.15) is 31.8 Å². The Balaban J connectivity index is 2.34. The summed E-state index contributed by atoms with van der Waals surface area (Å²) in [6, 6.07) is 9.64. The van der Waals surface area contributed by atoms with Gasteiger partial charge in [0.25, 0.3) is 0 Å². The first-order chi connectivity index (χ1) is 8.59. The zero-order valence-corrected chi connectivity index (χ0v) is 10.5. The SMILES string of the molecule is O=C1c2ccccc2C(=O)c2cc(Cl)c(Cl)cc21. The van der Waals surface area contributed by atoms with Gasteiger partial charge < -0.3 is 0 Å². The van der Waals surface area contributed by atoms with Crippen LogP contribution in [-0.2, 0) is 0 Å². The maximum atomic E-state index is 12.3. The Hall–Kier alpha value is -1.64. The van der Waals surface area contributed by atoms with Crippen molar-refractivity contribution in [2.75, 3.05) is 0 Å². The monoisotopic (exact) mass is 276 g/mol. The van der Waals surface area contributed by atoms with Crippen molar-refractivity contribution in [2.45, 2.75) is 0 Å². The molecule has 0 saturated carbocycles. The van der Waals surface area contributed by atoms with Crippen molar-refractivity contribution >= 4 is 34.8 Å². The van der Waals surface area contributed by atoms with Crippen molar-refractivity contribution in [1.82, 2.24) is 0 Å². The summed E-state index contributed by atoms with van der Waals surface area (Å²) >= 11 is 11.8. The number of carbonyl (C=O) groups is 2. The number of halogens is 2. The van der Waals surface area contributed by atoms with Crippen molar-refractivity contribution in [3.63, 3.8) is 0 Å². The molecule has 0 spiro atoms. The summed E-state index contributed by atoms with van der Waals surface area (Å²) < 4.78 is 0. The molecule has 0 unspecified atom stereocenters. The van der Waals surface area contributed by atoms with Crippen LogP contribution in [0, 0.1) is 0 Å². The summed E-state index contributed by atoms with van der Waals surface area (Å²) in [6.07, 6.45) is 0. The summed E-state index contributed by atoms with van der Waals surface area (Å²) in [5, 5.41) is 0.548. The molecule has 0 N–H and O–H groups in total. The van der Waals surface area contributed by atoms with Crippen molar-refractivity contribution in [1.29, 1.82) is 0 Å². The molecular weight excluding hydrogens is 271 g/mol. The fraction of sp³-hybridized carbons (Fsp3) is 0. The molecule has 0 bridgehead atoms. The summed E-state index contributed by atoms with van der Waals surface area (Å²) in [6.45, 7) is 0. The van der Waals surface area contributed by atoms with Crippen LogP contribution in [0.3, 0.4) is 0 Å². The molecule has 0 fully saturated rings. The largest absolute Gasteiger partial charge is 0.289 e. The zero-order valence-electron chi connectivity index (χ0n) is 9.04. The van der Waals surface area contributed by atoms with Crippen molar-refractivity contribution in [3.05, 3.63) is 68.7 Å². The first-order valence-electron chi connectivity index (χ1n) is 5.27. The van der Waals surface area contributed by atoms with E-state index in [0.717, 1.165) is 0 Å². The molecule has 2 aromatic rings. The fourth-order valence-electron chi connectivity index (χ4n) is 2.09. The second kappa shape index (κ2) is 3.94. The lowest BCUT2D eigenvalue weighted by Gasteiger charge is -2.17. The summed E-state index contributed by atoms with van der Waals surface area (Å²) in [5.41, 5.74) is 1.45. The van der Waals surface area contributed by atoms with Gasteiger partial charge in [0.15, 0.2) is 11.6 Å². The maximum Gasteiger partial charge on any atom is 0.194 e. The van der Waals surface area contributed by atoms with Gasteiger partial charge in [-0.25, -0.2) is 0 Å². The van der Waals surface area contributed by atoms with Gasteiger partial charge in [0.05, 0.1) is 10.0 Å². The van der Waals surface area contributed by atoms with Gasteiger partial charge in [-0.15, -0.1) is 0 Å². The van der Waals surface area contributed by atoms with E-state index in [0.29, 0.717) is 22.3 Å². The molecule has 4 heteroatoms. The number of rotatable bonds is 0. The summed E-state index contributed by atoms with van der Waals surface area (Å²) in [4.78, 5) is 24.5. The van der Waals surface area contributed by atoms with E-state index < -0.39 is 0 Å². The van der Waals surface area contributed by atoms with Gasteiger partial charge in [0, 0.05) is 22.3 Å². The molecule has 0 amide bonds. The van der Waals surface area contributed by atoms with E-state index in [1.54, 1.807) is 24.3 Å². The minimum absolute atomic E-state index is 0.196. The highest BCUT2D eigenvalue weighted by Gasteiger charge is 2.29. The zero-order chi connectivity index (χ0) is 12.9. The minimum Gasteiger partial charge on any atom is -0.289 e. The first kappa shape index (κ1) is 11.5. The lowest BCUT2D eigenvalue weighted by Crippen LogP contribution is -2.20. The lowest BCUT2D eigenvalue weighted by atomic mass is 9.84. The van der Waals surface area contributed by atoms with Gasteiger partial charge in [0.2, 0.25) is 0 Å². The van der Waals surface area contributed by atoms with Crippen LogP contribution in [0.2, 0.25) is 10.0 Å². The predicted octanol–water partition coefficient (Wildman–Crippen LogP) is 3.77. The van der Waals surface area contributed by atoms with Gasteiger partial charge in [-0.3, -0.25) is 9.59 Å². The number of carbonyl (C=O) groups excluding carboxylic acids is 2. The molecule has 0 radical (unpaired) electrons. The second-order valence-corrected chi connectivity index (χ2v) is 4.83. The Morgan fingerprint density at radius 2 is 1.06 bits per heavy atom. The van der Waals surface area contributed by atoms with Crippen LogP contribution in [0.5, 0.6) is 0 Å². The minimum atomic E-state index is -0.196. The van der Waals surface area contributed by atoms with E-state index in [1.807, 2.05) is 0 Å². The van der Waals surface area contributed by atoms with E-state index in [-0.39, 0.29) is 21.6 Å². The summed E-state index contributed by atoms with van der Waals surface area (Å²) in [5.74, 6) is -0.391. The number of benzene rings is 2. The lowest BCUT2D eigenvalue weighted by molar-refractivity contribution is 0.0979. The van der Waals surface area contributed by atoms with Crippen LogP contribution in [0.25, 0.3) is 0 Å². The normalized spacial score (nSPS) is 13.2. The van der Waals surface area contributed by atoms with E-state index in [1.165, 1.54) is 12.1 Å². The molecule has 0 aromatic heterocycles. The third kappa shape index (κ3) is 1.50. The van der Waals surface area contributed by atoms with Gasteiger partial charge in [-0.2, -0.15) is 0 Å². The summed E-state index contributed by atoms with van der Waals surface area (Å²) in [7, 11) is 0. The highest BCUT2D eigenvalue weighted by atomic mass is 35.5. The van der Waals surface area contributed by atoms with Gasteiger partial charge in [0.1, 0.15) is 0 Å². The topological polar surface area (TPSA) is 34.1 Å². The predicted molar refractivity (Wildman–Crippen MR) is 69.8 cm³/mol. The fourth-order valence-corrected chi connectivity index (χ4v) is 2.42. The highest BCUT2D eigenvalue weighted by molar-refractivity contribution is 6.43. The third-order valence-corrected chi connectivity index (χ3v) is 3.69. The average Bonchev–Trinajstić information content (AvgIpc) is 2.38. The van der Waals surface area contributed by atoms with E-state index in [4.69, 9.17) is 23.2 Å². The van der Waals surface area contributed by atoms with E-state index in [2.05, 4.69) is 0 Å². The molecule has 18 heavy (non-hydrogen) atoms. The maximum absolute atomic E-state index is 12.3. The molecule has 0 atom stereocenters. The average molecular weight is 277 g/mol. The van der Waals surface area contributed by atoms with Crippen molar-refractivity contribution in [2.24, 2.45) is 0 Å². The molecule has 1 aliphatic carbocycles. The number of hydrogen-bond donors (Lipinski definition) is 0. The Labute approximate surface area is 113 Å². The van der Waals surface area contributed by atoms with Crippen LogP contribution in [0.15, 0.2) is 36.4 Å². The number of ketones is 2. The van der Waals surface area contributed by atoms with Crippen LogP contribution < -0.4 is 0 Å². The molecule has 1 aliphatic rings. The molecule has 0 heterocycles. The number of fused-ring (bicyclic) bond motifs is 2.